The molecule has 0 radical (unpaired) electrons. The van der Waals surface area contributed by atoms with Crippen LogP contribution in [0.5, 0.6) is 0 Å². The number of benzene rings is 4. The van der Waals surface area contributed by atoms with E-state index in [4.69, 9.17) is 15.4 Å². The molecule has 0 aliphatic heterocycles. The van der Waals surface area contributed by atoms with E-state index in [2.05, 4.69) is 41.3 Å². The molecule has 0 bridgehead atoms. The van der Waals surface area contributed by atoms with Crippen LogP contribution in [0.1, 0.15) is 5.56 Å². The van der Waals surface area contributed by atoms with Gasteiger partial charge in [0.15, 0.2) is 0 Å². The van der Waals surface area contributed by atoms with Gasteiger partial charge < -0.3 is 15.1 Å². The lowest BCUT2D eigenvalue weighted by atomic mass is 10.1. The molecule has 1 aromatic heterocycles. The largest absolute Gasteiger partial charge is 0.456 e. The zero-order valence-corrected chi connectivity index (χ0v) is 18.8. The second-order valence-electron chi connectivity index (χ2n) is 8.00. The van der Waals surface area contributed by atoms with Crippen molar-refractivity contribution in [1.82, 2.24) is 0 Å². The van der Waals surface area contributed by atoms with Crippen LogP contribution in [0, 0.1) is 11.3 Å². The van der Waals surface area contributed by atoms with Crippen LogP contribution in [0.25, 0.3) is 28.4 Å². The standard InChI is InChI=1S/C30H21N3O2/c31-20-24(30(32)34)17-21-11-12-23-19-29(35-28(23)18-21)22-13-15-27(16-14-22)33(25-7-3-1-4-8-25)26-9-5-2-6-10-26/h1-19H,(H2,32,34)/b24-17-. The molecule has 4 aromatic carbocycles. The van der Waals surface area contributed by atoms with Crippen LogP contribution in [0.15, 0.2) is 119 Å². The molecule has 168 valence electrons. The molecule has 1 amide bonds. The van der Waals surface area contributed by atoms with E-state index in [9.17, 15) is 4.79 Å². The minimum absolute atomic E-state index is 0.104. The van der Waals surface area contributed by atoms with Gasteiger partial charge in [-0.2, -0.15) is 5.26 Å². The number of nitrogens with two attached hydrogens (primary N) is 1. The molecule has 5 heteroatoms. The molecule has 1 heterocycles. The molecule has 0 fully saturated rings. The van der Waals surface area contributed by atoms with Gasteiger partial charge in [-0.25, -0.2) is 0 Å². The summed E-state index contributed by atoms with van der Waals surface area (Å²) in [6.45, 7) is 0. The van der Waals surface area contributed by atoms with Gasteiger partial charge in [-0.05, 0) is 72.3 Å². The third kappa shape index (κ3) is 4.54. The van der Waals surface area contributed by atoms with Crippen molar-refractivity contribution in [2.45, 2.75) is 0 Å². The van der Waals surface area contributed by atoms with E-state index in [0.29, 0.717) is 11.1 Å². The summed E-state index contributed by atoms with van der Waals surface area (Å²) in [4.78, 5) is 13.5. The average Bonchev–Trinajstić information content (AvgIpc) is 3.32. The molecule has 0 spiro atoms. The van der Waals surface area contributed by atoms with Crippen molar-refractivity contribution in [3.63, 3.8) is 0 Å². The average molecular weight is 456 g/mol. The summed E-state index contributed by atoms with van der Waals surface area (Å²) in [5, 5.41) is 10.0. The Bertz CT molecular complexity index is 1520. The Morgan fingerprint density at radius 1 is 0.800 bits per heavy atom. The molecule has 0 unspecified atom stereocenters. The van der Waals surface area contributed by atoms with Crippen molar-refractivity contribution in [1.29, 1.82) is 5.26 Å². The Balaban J connectivity index is 1.48. The van der Waals surface area contributed by atoms with Crippen LogP contribution < -0.4 is 10.6 Å². The highest BCUT2D eigenvalue weighted by molar-refractivity contribution is 6.01. The number of primary amides is 1. The number of para-hydroxylation sites is 2. The van der Waals surface area contributed by atoms with E-state index >= 15 is 0 Å². The Morgan fingerprint density at radius 3 is 1.97 bits per heavy atom. The number of hydrogen-bond donors (Lipinski definition) is 1. The highest BCUT2D eigenvalue weighted by Gasteiger charge is 2.13. The highest BCUT2D eigenvalue weighted by Crippen LogP contribution is 2.36. The monoisotopic (exact) mass is 455 g/mol. The Kier molecular flexibility index (Phi) is 5.85. The summed E-state index contributed by atoms with van der Waals surface area (Å²) < 4.78 is 6.10. The minimum atomic E-state index is -0.757. The lowest BCUT2D eigenvalue weighted by molar-refractivity contribution is -0.114. The molecule has 0 saturated heterocycles. The number of nitriles is 1. The SMILES string of the molecule is N#C/C(=C/c1ccc2cc(-c3ccc(N(c4ccccc4)c4ccccc4)cc3)oc2c1)C(N)=O. The van der Waals surface area contributed by atoms with Crippen molar-refractivity contribution in [2.24, 2.45) is 5.73 Å². The number of furan rings is 1. The van der Waals surface area contributed by atoms with Crippen LogP contribution >= 0.6 is 0 Å². The first-order valence-electron chi connectivity index (χ1n) is 11.1. The fourth-order valence-electron chi connectivity index (χ4n) is 3.98. The number of rotatable bonds is 6. The summed E-state index contributed by atoms with van der Waals surface area (Å²) in [5.41, 5.74) is 10.6. The highest BCUT2D eigenvalue weighted by atomic mass is 16.3. The maximum atomic E-state index is 11.3. The molecule has 5 rings (SSSR count). The van der Waals surface area contributed by atoms with Gasteiger partial charge >= 0.3 is 0 Å². The maximum Gasteiger partial charge on any atom is 0.259 e. The van der Waals surface area contributed by atoms with Gasteiger partial charge in [0.2, 0.25) is 0 Å². The number of amides is 1. The smallest absolute Gasteiger partial charge is 0.259 e. The lowest BCUT2D eigenvalue weighted by Gasteiger charge is -2.25. The van der Waals surface area contributed by atoms with Crippen molar-refractivity contribution in [3.8, 4) is 17.4 Å². The van der Waals surface area contributed by atoms with E-state index in [1.54, 1.807) is 6.07 Å². The summed E-state index contributed by atoms with van der Waals surface area (Å²) in [7, 11) is 0. The second-order valence-corrected chi connectivity index (χ2v) is 8.00. The molecule has 5 aromatic rings. The zero-order chi connectivity index (χ0) is 24.2. The van der Waals surface area contributed by atoms with Gasteiger partial charge in [0, 0.05) is 28.0 Å². The van der Waals surface area contributed by atoms with Gasteiger partial charge in [-0.1, -0.05) is 48.5 Å². The minimum Gasteiger partial charge on any atom is -0.456 e. The van der Waals surface area contributed by atoms with Gasteiger partial charge in [-0.3, -0.25) is 4.79 Å². The van der Waals surface area contributed by atoms with Crippen LogP contribution in [0.4, 0.5) is 17.1 Å². The molecule has 35 heavy (non-hydrogen) atoms. The van der Waals surface area contributed by atoms with E-state index in [1.807, 2.05) is 72.8 Å². The van der Waals surface area contributed by atoms with Crippen molar-refractivity contribution in [3.05, 3.63) is 120 Å². The summed E-state index contributed by atoms with van der Waals surface area (Å²) in [6, 6.07) is 38.0. The number of hydrogen-bond acceptors (Lipinski definition) is 4. The Labute approximate surface area is 203 Å². The summed E-state index contributed by atoms with van der Waals surface area (Å²) in [6.07, 6.45) is 1.46. The van der Waals surface area contributed by atoms with Gasteiger partial charge in [0.25, 0.3) is 5.91 Å². The fourth-order valence-corrected chi connectivity index (χ4v) is 3.98. The van der Waals surface area contributed by atoms with E-state index in [1.165, 1.54) is 6.08 Å². The molecule has 0 atom stereocenters. The van der Waals surface area contributed by atoms with Crippen LogP contribution in [-0.4, -0.2) is 5.91 Å². The third-order valence-corrected chi connectivity index (χ3v) is 5.68. The summed E-state index contributed by atoms with van der Waals surface area (Å²) >= 11 is 0. The number of fused-ring (bicyclic) bond motifs is 1. The number of nitrogens with zero attached hydrogens (tertiary/aromatic N) is 2. The fraction of sp³-hybridized carbons (Fsp3) is 0. The zero-order valence-electron chi connectivity index (χ0n) is 18.8. The van der Waals surface area contributed by atoms with Gasteiger partial charge in [0.05, 0.1) is 0 Å². The van der Waals surface area contributed by atoms with Crippen molar-refractivity contribution in [2.75, 3.05) is 4.90 Å². The van der Waals surface area contributed by atoms with Crippen LogP contribution in [-0.2, 0) is 4.79 Å². The summed E-state index contributed by atoms with van der Waals surface area (Å²) in [5.74, 6) is -0.0260. The normalized spacial score (nSPS) is 11.2. The third-order valence-electron chi connectivity index (χ3n) is 5.68. The predicted octanol–water partition coefficient (Wildman–Crippen LogP) is 6.96. The van der Waals surface area contributed by atoms with E-state index in [0.717, 1.165) is 33.8 Å². The predicted molar refractivity (Wildman–Crippen MR) is 139 cm³/mol. The molecular formula is C30H21N3O2. The number of anilines is 3. The van der Waals surface area contributed by atoms with Gasteiger partial charge in [0.1, 0.15) is 23.0 Å². The molecule has 0 aliphatic carbocycles. The molecule has 0 aliphatic rings. The van der Waals surface area contributed by atoms with Gasteiger partial charge in [-0.15, -0.1) is 0 Å². The van der Waals surface area contributed by atoms with Crippen molar-refractivity contribution < 1.29 is 9.21 Å². The first kappa shape index (κ1) is 21.7. The molecule has 0 saturated carbocycles. The first-order valence-corrected chi connectivity index (χ1v) is 11.1. The lowest BCUT2D eigenvalue weighted by Crippen LogP contribution is -2.12. The van der Waals surface area contributed by atoms with Crippen molar-refractivity contribution >= 4 is 40.0 Å². The molecular weight excluding hydrogens is 434 g/mol. The maximum absolute atomic E-state index is 11.3. The number of carbonyl (C=O) groups is 1. The van der Waals surface area contributed by atoms with E-state index < -0.39 is 5.91 Å². The topological polar surface area (TPSA) is 83.3 Å². The molecule has 5 nitrogen and oxygen atoms in total. The van der Waals surface area contributed by atoms with Crippen LogP contribution in [0.2, 0.25) is 0 Å². The second kappa shape index (κ2) is 9.42. The van der Waals surface area contributed by atoms with Crippen LogP contribution in [0.3, 0.4) is 0 Å². The quantitative estimate of drug-likeness (QED) is 0.222. The Morgan fingerprint density at radius 2 is 1.40 bits per heavy atom. The first-order chi connectivity index (χ1) is 17.1. The van der Waals surface area contributed by atoms with E-state index in [-0.39, 0.29) is 5.57 Å². The number of carbonyl (C=O) groups excluding carboxylic acids is 1. The Hall–Kier alpha value is -5.08. The molecule has 2 N–H and O–H groups in total.